The fourth-order valence-corrected chi connectivity index (χ4v) is 3.48. The standard InChI is InChI=1S/C22H19N5O2/c23-14-15-8-4-5-11-17(15)25-22(29)20-26-19(18-12-6-7-13-27(18)20)21(28)24-16-9-2-1-3-10-16/h1-5,8-11H,6-7,12-13H2,(H,24,28)(H,25,29). The molecule has 2 heterocycles. The molecule has 0 atom stereocenters. The van der Waals surface area contributed by atoms with Gasteiger partial charge in [-0.3, -0.25) is 9.59 Å². The average molecular weight is 385 g/mol. The molecule has 2 amide bonds. The quantitative estimate of drug-likeness (QED) is 0.717. The fraction of sp³-hybridized carbons (Fsp3) is 0.182. The number of carbonyl (C=O) groups is 2. The first-order chi connectivity index (χ1) is 14.2. The number of carbonyl (C=O) groups excluding carboxylic acids is 2. The molecular formula is C22H19N5O2. The van der Waals surface area contributed by atoms with Crippen LogP contribution in [-0.4, -0.2) is 21.4 Å². The van der Waals surface area contributed by atoms with E-state index in [0.29, 0.717) is 29.9 Å². The Balaban J connectivity index is 1.65. The second-order valence-corrected chi connectivity index (χ2v) is 6.77. The van der Waals surface area contributed by atoms with Crippen LogP contribution in [0.5, 0.6) is 0 Å². The molecule has 0 spiro atoms. The number of hydrogen-bond donors (Lipinski definition) is 2. The predicted octanol–water partition coefficient (Wildman–Crippen LogP) is 3.60. The van der Waals surface area contributed by atoms with Crippen LogP contribution in [0.3, 0.4) is 0 Å². The van der Waals surface area contributed by atoms with E-state index >= 15 is 0 Å². The summed E-state index contributed by atoms with van der Waals surface area (Å²) >= 11 is 0. The van der Waals surface area contributed by atoms with Crippen molar-refractivity contribution in [2.45, 2.75) is 25.8 Å². The molecular weight excluding hydrogens is 366 g/mol. The Morgan fingerprint density at radius 2 is 1.72 bits per heavy atom. The van der Waals surface area contributed by atoms with Crippen molar-refractivity contribution in [2.75, 3.05) is 10.6 Å². The van der Waals surface area contributed by atoms with Crippen molar-refractivity contribution in [3.63, 3.8) is 0 Å². The highest BCUT2D eigenvalue weighted by molar-refractivity contribution is 6.07. The van der Waals surface area contributed by atoms with E-state index in [1.165, 1.54) is 0 Å². The van der Waals surface area contributed by atoms with Gasteiger partial charge in [-0.1, -0.05) is 30.3 Å². The van der Waals surface area contributed by atoms with Gasteiger partial charge in [0.25, 0.3) is 11.8 Å². The zero-order valence-electron chi connectivity index (χ0n) is 15.7. The minimum absolute atomic E-state index is 0.186. The molecule has 7 heteroatoms. The summed E-state index contributed by atoms with van der Waals surface area (Å²) < 4.78 is 1.81. The lowest BCUT2D eigenvalue weighted by Crippen LogP contribution is -2.21. The van der Waals surface area contributed by atoms with Crippen LogP contribution in [0.15, 0.2) is 54.6 Å². The molecule has 0 radical (unpaired) electrons. The Kier molecular flexibility index (Phi) is 5.08. The molecule has 7 nitrogen and oxygen atoms in total. The van der Waals surface area contributed by atoms with Gasteiger partial charge in [-0.2, -0.15) is 5.26 Å². The van der Waals surface area contributed by atoms with Crippen molar-refractivity contribution in [1.29, 1.82) is 5.26 Å². The van der Waals surface area contributed by atoms with Gasteiger partial charge in [0.2, 0.25) is 0 Å². The number of imidazole rings is 1. The summed E-state index contributed by atoms with van der Waals surface area (Å²) in [7, 11) is 0. The predicted molar refractivity (Wildman–Crippen MR) is 109 cm³/mol. The normalized spacial score (nSPS) is 12.5. The van der Waals surface area contributed by atoms with Gasteiger partial charge in [-0.05, 0) is 43.5 Å². The van der Waals surface area contributed by atoms with Crippen LogP contribution in [0.2, 0.25) is 0 Å². The monoisotopic (exact) mass is 385 g/mol. The first kappa shape index (κ1) is 18.4. The maximum Gasteiger partial charge on any atom is 0.291 e. The van der Waals surface area contributed by atoms with Crippen LogP contribution in [0.4, 0.5) is 11.4 Å². The van der Waals surface area contributed by atoms with E-state index < -0.39 is 5.91 Å². The van der Waals surface area contributed by atoms with Gasteiger partial charge in [0.05, 0.1) is 16.9 Å². The highest BCUT2D eigenvalue weighted by atomic mass is 16.2. The van der Waals surface area contributed by atoms with Crippen molar-refractivity contribution in [2.24, 2.45) is 0 Å². The van der Waals surface area contributed by atoms with Gasteiger partial charge >= 0.3 is 0 Å². The van der Waals surface area contributed by atoms with Gasteiger partial charge in [0, 0.05) is 12.2 Å². The van der Waals surface area contributed by atoms with Crippen LogP contribution in [-0.2, 0) is 13.0 Å². The lowest BCUT2D eigenvalue weighted by Gasteiger charge is -2.17. The number of rotatable bonds is 4. The minimum atomic E-state index is -0.436. The Labute approximate surface area is 168 Å². The second kappa shape index (κ2) is 7.98. The molecule has 144 valence electrons. The van der Waals surface area contributed by atoms with E-state index in [-0.39, 0.29) is 17.4 Å². The molecule has 2 N–H and O–H groups in total. The maximum absolute atomic E-state index is 12.9. The smallest absolute Gasteiger partial charge is 0.291 e. The topological polar surface area (TPSA) is 99.8 Å². The molecule has 0 bridgehead atoms. The van der Waals surface area contributed by atoms with Crippen LogP contribution >= 0.6 is 0 Å². The molecule has 0 saturated heterocycles. The summed E-state index contributed by atoms with van der Waals surface area (Å²) in [4.78, 5) is 30.1. The molecule has 4 rings (SSSR count). The summed E-state index contributed by atoms with van der Waals surface area (Å²) in [5, 5.41) is 14.8. The Morgan fingerprint density at radius 3 is 2.52 bits per heavy atom. The van der Waals surface area contributed by atoms with E-state index in [2.05, 4.69) is 21.7 Å². The first-order valence-electron chi connectivity index (χ1n) is 9.43. The van der Waals surface area contributed by atoms with Crippen LogP contribution in [0.25, 0.3) is 0 Å². The summed E-state index contributed by atoms with van der Waals surface area (Å²) in [6.45, 7) is 0.629. The van der Waals surface area contributed by atoms with E-state index in [4.69, 9.17) is 0 Å². The molecule has 0 saturated carbocycles. The Hall–Kier alpha value is -3.92. The van der Waals surface area contributed by atoms with Crippen LogP contribution < -0.4 is 10.6 Å². The number of nitrogens with zero attached hydrogens (tertiary/aromatic N) is 3. The molecule has 1 aliphatic heterocycles. The van der Waals surface area contributed by atoms with Crippen molar-refractivity contribution in [3.8, 4) is 6.07 Å². The summed E-state index contributed by atoms with van der Waals surface area (Å²) in [6, 6.07) is 18.0. The van der Waals surface area contributed by atoms with Crippen molar-refractivity contribution >= 4 is 23.2 Å². The summed E-state index contributed by atoms with van der Waals surface area (Å²) in [5.41, 5.74) is 2.50. The number of nitriles is 1. The minimum Gasteiger partial charge on any atom is -0.323 e. The molecule has 2 aromatic carbocycles. The van der Waals surface area contributed by atoms with Gasteiger partial charge < -0.3 is 15.2 Å². The molecule has 0 unspecified atom stereocenters. The average Bonchev–Trinajstić information content (AvgIpc) is 3.15. The highest BCUT2D eigenvalue weighted by Crippen LogP contribution is 2.23. The maximum atomic E-state index is 12.9. The van der Waals surface area contributed by atoms with Crippen LogP contribution in [0, 0.1) is 11.3 Å². The largest absolute Gasteiger partial charge is 0.323 e. The lowest BCUT2D eigenvalue weighted by molar-refractivity contribution is 0.101. The number of benzene rings is 2. The van der Waals surface area contributed by atoms with Gasteiger partial charge in [0.1, 0.15) is 6.07 Å². The Bertz CT molecular complexity index is 1110. The molecule has 0 aliphatic carbocycles. The lowest BCUT2D eigenvalue weighted by atomic mass is 10.1. The number of aromatic nitrogens is 2. The number of para-hydroxylation sites is 2. The SMILES string of the molecule is N#Cc1ccccc1NC(=O)c1nc(C(=O)Nc2ccccc2)c2n1CCCC2. The zero-order valence-corrected chi connectivity index (χ0v) is 15.7. The summed E-state index contributed by atoms with van der Waals surface area (Å²) in [5.74, 6) is -0.585. The Morgan fingerprint density at radius 1 is 0.966 bits per heavy atom. The van der Waals surface area contributed by atoms with Gasteiger partial charge in [-0.15, -0.1) is 0 Å². The van der Waals surface area contributed by atoms with Crippen LogP contribution in [0.1, 0.15) is 45.2 Å². The van der Waals surface area contributed by atoms with Gasteiger partial charge in [-0.25, -0.2) is 4.98 Å². The first-order valence-corrected chi connectivity index (χ1v) is 9.43. The third-order valence-electron chi connectivity index (χ3n) is 4.86. The fourth-order valence-electron chi connectivity index (χ4n) is 3.48. The van der Waals surface area contributed by atoms with E-state index in [1.54, 1.807) is 36.4 Å². The molecule has 0 fully saturated rings. The molecule has 3 aromatic rings. The van der Waals surface area contributed by atoms with Crippen molar-refractivity contribution in [3.05, 3.63) is 77.4 Å². The zero-order chi connectivity index (χ0) is 20.2. The van der Waals surface area contributed by atoms with Crippen molar-refractivity contribution < 1.29 is 9.59 Å². The molecule has 1 aliphatic rings. The summed E-state index contributed by atoms with van der Waals surface area (Å²) in [6.07, 6.45) is 2.54. The van der Waals surface area contributed by atoms with E-state index in [1.807, 2.05) is 22.8 Å². The number of anilines is 2. The number of nitrogens with one attached hydrogen (secondary N) is 2. The molecule has 1 aromatic heterocycles. The van der Waals surface area contributed by atoms with E-state index in [0.717, 1.165) is 18.5 Å². The molecule has 29 heavy (non-hydrogen) atoms. The van der Waals surface area contributed by atoms with E-state index in [9.17, 15) is 14.9 Å². The number of amides is 2. The number of hydrogen-bond acceptors (Lipinski definition) is 4. The second-order valence-electron chi connectivity index (χ2n) is 6.77. The number of fused-ring (bicyclic) bond motifs is 1. The highest BCUT2D eigenvalue weighted by Gasteiger charge is 2.27. The van der Waals surface area contributed by atoms with Crippen molar-refractivity contribution in [1.82, 2.24) is 9.55 Å². The third-order valence-corrected chi connectivity index (χ3v) is 4.86. The third kappa shape index (κ3) is 3.73. The van der Waals surface area contributed by atoms with Gasteiger partial charge in [0.15, 0.2) is 11.5 Å².